The Balaban J connectivity index is 1.79. The molecule has 3 heterocycles. The first kappa shape index (κ1) is 16.7. The lowest BCUT2D eigenvalue weighted by molar-refractivity contribution is 0.563. The Morgan fingerprint density at radius 2 is 2.15 bits per heavy atom. The normalized spacial score (nSPS) is 11.6. The number of benzene rings is 1. The third-order valence-electron chi connectivity index (χ3n) is 3.66. The zero-order chi connectivity index (χ0) is 18.1. The highest BCUT2D eigenvalue weighted by atomic mass is 35.5. The van der Waals surface area contributed by atoms with E-state index in [-0.39, 0.29) is 0 Å². The molecular formula is C19H9ClN2O2S2. The topological polar surface area (TPSA) is 66.9 Å². The van der Waals surface area contributed by atoms with Crippen LogP contribution in [0.4, 0.5) is 0 Å². The van der Waals surface area contributed by atoms with Crippen LogP contribution in [0.25, 0.3) is 33.9 Å². The molecule has 0 saturated carbocycles. The summed E-state index contributed by atoms with van der Waals surface area (Å²) in [4.78, 5) is 17.7. The van der Waals surface area contributed by atoms with E-state index in [1.807, 2.05) is 17.5 Å². The fourth-order valence-electron chi connectivity index (χ4n) is 2.45. The quantitative estimate of drug-likeness (QED) is 0.329. The molecule has 0 atom stereocenters. The van der Waals surface area contributed by atoms with Crippen molar-refractivity contribution < 1.29 is 4.42 Å². The molecule has 3 aromatic heterocycles. The van der Waals surface area contributed by atoms with E-state index < -0.39 is 5.63 Å². The molecule has 0 spiro atoms. The van der Waals surface area contributed by atoms with E-state index in [2.05, 4.69) is 11.1 Å². The molecule has 0 unspecified atom stereocenters. The number of aromatic nitrogens is 1. The van der Waals surface area contributed by atoms with Gasteiger partial charge in [0.2, 0.25) is 0 Å². The van der Waals surface area contributed by atoms with E-state index in [9.17, 15) is 10.1 Å². The molecule has 0 aliphatic rings. The number of thiophene rings is 1. The third kappa shape index (κ3) is 3.20. The Morgan fingerprint density at radius 3 is 2.92 bits per heavy atom. The molecule has 4 nitrogen and oxygen atoms in total. The van der Waals surface area contributed by atoms with Gasteiger partial charge in [0.25, 0.3) is 0 Å². The molecule has 126 valence electrons. The average molecular weight is 397 g/mol. The van der Waals surface area contributed by atoms with Crippen LogP contribution in [0.1, 0.15) is 9.88 Å². The maximum absolute atomic E-state index is 12.3. The minimum Gasteiger partial charge on any atom is -0.422 e. The molecule has 0 aliphatic carbocycles. The number of fused-ring (bicyclic) bond motifs is 1. The Bertz CT molecular complexity index is 1230. The van der Waals surface area contributed by atoms with Crippen LogP contribution in [0.2, 0.25) is 5.02 Å². The van der Waals surface area contributed by atoms with E-state index in [0.717, 1.165) is 10.3 Å². The van der Waals surface area contributed by atoms with Crippen molar-refractivity contribution >= 4 is 56.9 Å². The minimum atomic E-state index is -0.475. The highest BCUT2D eigenvalue weighted by Crippen LogP contribution is 2.28. The molecule has 0 aliphatic heterocycles. The fourth-order valence-corrected chi connectivity index (χ4v) is 4.07. The first-order chi connectivity index (χ1) is 12.6. The van der Waals surface area contributed by atoms with Gasteiger partial charge < -0.3 is 4.42 Å². The standard InChI is InChI=1S/C19H9ClN2O2S2/c20-13-3-4-17-11(6-13)8-15(19(23)24-17)16-10-26-18(22-16)12(9-21)7-14-2-1-5-25-14/h1-8,10H/b12-7+. The summed E-state index contributed by atoms with van der Waals surface area (Å²) in [6.07, 6.45) is 1.79. The van der Waals surface area contributed by atoms with Crippen LogP contribution >= 0.6 is 34.3 Å². The second kappa shape index (κ2) is 6.89. The number of rotatable bonds is 3. The van der Waals surface area contributed by atoms with Gasteiger partial charge >= 0.3 is 5.63 Å². The van der Waals surface area contributed by atoms with Crippen molar-refractivity contribution in [2.75, 3.05) is 0 Å². The van der Waals surface area contributed by atoms with E-state index in [1.54, 1.807) is 47.1 Å². The van der Waals surface area contributed by atoms with E-state index in [4.69, 9.17) is 16.0 Å². The van der Waals surface area contributed by atoms with Gasteiger partial charge in [-0.3, -0.25) is 0 Å². The minimum absolute atomic E-state index is 0.343. The second-order valence-corrected chi connectivity index (χ2v) is 7.63. The largest absolute Gasteiger partial charge is 0.422 e. The number of nitriles is 1. The molecule has 1 aromatic carbocycles. The lowest BCUT2D eigenvalue weighted by Crippen LogP contribution is -2.02. The van der Waals surface area contributed by atoms with Crippen molar-refractivity contribution in [2.45, 2.75) is 0 Å². The Morgan fingerprint density at radius 1 is 1.27 bits per heavy atom. The van der Waals surface area contributed by atoms with Crippen molar-refractivity contribution in [1.29, 1.82) is 5.26 Å². The van der Waals surface area contributed by atoms with Crippen molar-refractivity contribution in [3.8, 4) is 17.3 Å². The van der Waals surface area contributed by atoms with Gasteiger partial charge in [-0.1, -0.05) is 17.7 Å². The van der Waals surface area contributed by atoms with Gasteiger partial charge in [-0.25, -0.2) is 9.78 Å². The highest BCUT2D eigenvalue weighted by Gasteiger charge is 2.14. The number of hydrogen-bond acceptors (Lipinski definition) is 6. The number of halogens is 1. The van der Waals surface area contributed by atoms with Gasteiger partial charge in [0, 0.05) is 20.7 Å². The van der Waals surface area contributed by atoms with Crippen LogP contribution < -0.4 is 5.63 Å². The lowest BCUT2D eigenvalue weighted by atomic mass is 10.1. The SMILES string of the molecule is N#C/C(=C\c1cccs1)c1nc(-c2cc3cc(Cl)ccc3oc2=O)cs1. The lowest BCUT2D eigenvalue weighted by Gasteiger charge is -2.00. The summed E-state index contributed by atoms with van der Waals surface area (Å²) in [6.45, 7) is 0. The maximum Gasteiger partial charge on any atom is 0.345 e. The van der Waals surface area contributed by atoms with Crippen LogP contribution in [0.3, 0.4) is 0 Å². The van der Waals surface area contributed by atoms with E-state index in [1.165, 1.54) is 11.3 Å². The zero-order valence-electron chi connectivity index (χ0n) is 13.1. The molecule has 4 rings (SSSR count). The van der Waals surface area contributed by atoms with Gasteiger partial charge in [-0.05, 0) is 41.8 Å². The van der Waals surface area contributed by atoms with Gasteiger partial charge in [-0.15, -0.1) is 22.7 Å². The van der Waals surface area contributed by atoms with Crippen molar-refractivity contribution in [2.24, 2.45) is 0 Å². The summed E-state index contributed by atoms with van der Waals surface area (Å²) in [5.41, 5.74) is 1.27. The number of allylic oxidation sites excluding steroid dienone is 1. The molecule has 0 N–H and O–H groups in total. The maximum atomic E-state index is 12.3. The molecule has 0 radical (unpaired) electrons. The molecule has 0 bridgehead atoms. The van der Waals surface area contributed by atoms with Gasteiger partial charge in [0.05, 0.1) is 16.8 Å². The predicted molar refractivity (Wildman–Crippen MR) is 106 cm³/mol. The molecular weight excluding hydrogens is 388 g/mol. The van der Waals surface area contributed by atoms with Gasteiger partial charge in [0.1, 0.15) is 16.7 Å². The summed E-state index contributed by atoms with van der Waals surface area (Å²) in [5.74, 6) is 0. The number of hydrogen-bond donors (Lipinski definition) is 0. The number of thiazole rings is 1. The Labute approximate surface area is 161 Å². The third-order valence-corrected chi connectivity index (χ3v) is 5.59. The van der Waals surface area contributed by atoms with Crippen molar-refractivity contribution in [3.05, 3.63) is 72.5 Å². The summed E-state index contributed by atoms with van der Waals surface area (Å²) in [7, 11) is 0. The Hall–Kier alpha value is -2.72. The average Bonchev–Trinajstić information content (AvgIpc) is 3.31. The van der Waals surface area contributed by atoms with Crippen LogP contribution in [0, 0.1) is 11.3 Å². The van der Waals surface area contributed by atoms with Crippen LogP contribution in [0.15, 0.2) is 56.4 Å². The zero-order valence-corrected chi connectivity index (χ0v) is 15.5. The molecule has 0 amide bonds. The van der Waals surface area contributed by atoms with E-state index >= 15 is 0 Å². The molecule has 4 aromatic rings. The summed E-state index contributed by atoms with van der Waals surface area (Å²) < 4.78 is 5.36. The fraction of sp³-hybridized carbons (Fsp3) is 0. The molecule has 7 heteroatoms. The first-order valence-corrected chi connectivity index (χ1v) is 9.63. The van der Waals surface area contributed by atoms with Crippen LogP contribution in [0.5, 0.6) is 0 Å². The monoisotopic (exact) mass is 396 g/mol. The first-order valence-electron chi connectivity index (χ1n) is 7.49. The van der Waals surface area contributed by atoms with Crippen LogP contribution in [-0.4, -0.2) is 4.98 Å². The Kier molecular flexibility index (Phi) is 4.43. The van der Waals surface area contributed by atoms with E-state index in [0.29, 0.717) is 32.4 Å². The van der Waals surface area contributed by atoms with Gasteiger partial charge in [0.15, 0.2) is 0 Å². The highest BCUT2D eigenvalue weighted by molar-refractivity contribution is 7.12. The summed E-state index contributed by atoms with van der Waals surface area (Å²) in [6, 6.07) is 12.8. The van der Waals surface area contributed by atoms with Gasteiger partial charge in [-0.2, -0.15) is 5.26 Å². The predicted octanol–water partition coefficient (Wildman–Crippen LogP) is 5.70. The second-order valence-electron chi connectivity index (χ2n) is 5.35. The number of nitrogens with zero attached hydrogens (tertiary/aromatic N) is 2. The molecule has 26 heavy (non-hydrogen) atoms. The smallest absolute Gasteiger partial charge is 0.345 e. The summed E-state index contributed by atoms with van der Waals surface area (Å²) >= 11 is 8.87. The van der Waals surface area contributed by atoms with Crippen molar-refractivity contribution in [1.82, 2.24) is 4.98 Å². The van der Waals surface area contributed by atoms with Crippen LogP contribution in [-0.2, 0) is 0 Å². The summed E-state index contributed by atoms with van der Waals surface area (Å²) in [5, 5.41) is 15.0. The van der Waals surface area contributed by atoms with Crippen molar-refractivity contribution in [3.63, 3.8) is 0 Å². The molecule has 0 fully saturated rings. The molecule has 0 saturated heterocycles.